The van der Waals surface area contributed by atoms with Crippen LogP contribution in [0.15, 0.2) is 24.3 Å². The maximum atomic E-state index is 5.81. The second-order valence-corrected chi connectivity index (χ2v) is 5.90. The van der Waals surface area contributed by atoms with Gasteiger partial charge in [-0.1, -0.05) is 31.4 Å². The van der Waals surface area contributed by atoms with Gasteiger partial charge in [-0.15, -0.1) is 0 Å². The van der Waals surface area contributed by atoms with Gasteiger partial charge in [0.25, 0.3) is 0 Å². The van der Waals surface area contributed by atoms with Crippen molar-refractivity contribution >= 4 is 0 Å². The lowest BCUT2D eigenvalue weighted by Gasteiger charge is -2.30. The van der Waals surface area contributed by atoms with E-state index in [-0.39, 0.29) is 6.10 Å². The van der Waals surface area contributed by atoms with Crippen molar-refractivity contribution in [3.8, 4) is 5.75 Å². The molecule has 1 unspecified atom stereocenters. The zero-order valence-corrected chi connectivity index (χ0v) is 12.5. The molecular formula is C17H27NO. The molecule has 0 aliphatic heterocycles. The number of ether oxygens (including phenoxy) is 1. The molecule has 0 bridgehead atoms. The molecule has 1 aliphatic rings. The number of hydrogen-bond acceptors (Lipinski definition) is 2. The molecule has 0 amide bonds. The Morgan fingerprint density at radius 2 is 1.89 bits per heavy atom. The normalized spacial score (nSPS) is 18.5. The molecule has 0 heterocycles. The van der Waals surface area contributed by atoms with Gasteiger partial charge in [0.05, 0.1) is 6.10 Å². The molecule has 19 heavy (non-hydrogen) atoms. The average Bonchev–Trinajstić information content (AvgIpc) is 2.40. The van der Waals surface area contributed by atoms with Crippen LogP contribution >= 0.6 is 0 Å². The van der Waals surface area contributed by atoms with Gasteiger partial charge in [0.2, 0.25) is 0 Å². The highest BCUT2D eigenvalue weighted by atomic mass is 16.5. The van der Waals surface area contributed by atoms with Gasteiger partial charge in [-0.05, 0) is 57.4 Å². The van der Waals surface area contributed by atoms with Crippen molar-refractivity contribution in [2.75, 3.05) is 7.05 Å². The van der Waals surface area contributed by atoms with Gasteiger partial charge in [-0.25, -0.2) is 0 Å². The quantitative estimate of drug-likeness (QED) is 0.852. The first-order valence-electron chi connectivity index (χ1n) is 7.64. The fourth-order valence-corrected chi connectivity index (χ4v) is 3.20. The molecule has 1 aromatic rings. The summed E-state index contributed by atoms with van der Waals surface area (Å²) < 4.78 is 5.81. The summed E-state index contributed by atoms with van der Waals surface area (Å²) in [6, 6.07) is 9.06. The molecule has 2 heteroatoms. The van der Waals surface area contributed by atoms with Crippen LogP contribution in [0.3, 0.4) is 0 Å². The van der Waals surface area contributed by atoms with Crippen LogP contribution < -0.4 is 10.1 Å². The van der Waals surface area contributed by atoms with Gasteiger partial charge in [-0.2, -0.15) is 0 Å². The Hall–Kier alpha value is -1.02. The van der Waals surface area contributed by atoms with E-state index in [2.05, 4.69) is 50.5 Å². The molecule has 2 rings (SSSR count). The van der Waals surface area contributed by atoms with E-state index in [0.717, 1.165) is 11.7 Å². The van der Waals surface area contributed by atoms with E-state index in [4.69, 9.17) is 4.74 Å². The summed E-state index contributed by atoms with van der Waals surface area (Å²) in [5, 5.41) is 3.51. The van der Waals surface area contributed by atoms with Gasteiger partial charge >= 0.3 is 0 Å². The Balaban J connectivity index is 2.12. The van der Waals surface area contributed by atoms with Gasteiger partial charge in [0.15, 0.2) is 0 Å². The SMILES string of the molecule is CNC(c1cccc(OC(C)C)c1)C1CCCCC1. The van der Waals surface area contributed by atoms with Crippen LogP contribution in [0.2, 0.25) is 0 Å². The fourth-order valence-electron chi connectivity index (χ4n) is 3.20. The molecule has 1 aliphatic carbocycles. The number of nitrogens with one attached hydrogen (secondary N) is 1. The lowest BCUT2D eigenvalue weighted by Crippen LogP contribution is -2.27. The summed E-state index contributed by atoms with van der Waals surface area (Å²) in [7, 11) is 2.08. The minimum absolute atomic E-state index is 0.234. The summed E-state index contributed by atoms with van der Waals surface area (Å²) in [5.41, 5.74) is 1.37. The summed E-state index contributed by atoms with van der Waals surface area (Å²) in [6.45, 7) is 4.15. The summed E-state index contributed by atoms with van der Waals surface area (Å²) in [5.74, 6) is 1.76. The highest BCUT2D eigenvalue weighted by Crippen LogP contribution is 2.35. The van der Waals surface area contributed by atoms with Crippen LogP contribution in [0.25, 0.3) is 0 Å². The smallest absolute Gasteiger partial charge is 0.120 e. The third-order valence-electron chi connectivity index (χ3n) is 4.02. The number of benzene rings is 1. The van der Waals surface area contributed by atoms with Gasteiger partial charge in [-0.3, -0.25) is 0 Å². The molecule has 0 spiro atoms. The van der Waals surface area contributed by atoms with Crippen LogP contribution in [-0.2, 0) is 0 Å². The first-order chi connectivity index (χ1) is 9.20. The Bertz CT molecular complexity index is 383. The first kappa shape index (κ1) is 14.4. The second kappa shape index (κ2) is 6.95. The predicted molar refractivity (Wildman–Crippen MR) is 80.6 cm³/mol. The highest BCUT2D eigenvalue weighted by molar-refractivity contribution is 5.31. The topological polar surface area (TPSA) is 21.3 Å². The molecule has 106 valence electrons. The van der Waals surface area contributed by atoms with Crippen molar-refractivity contribution in [2.24, 2.45) is 5.92 Å². The van der Waals surface area contributed by atoms with Crippen molar-refractivity contribution in [3.63, 3.8) is 0 Å². The van der Waals surface area contributed by atoms with Gasteiger partial charge in [0.1, 0.15) is 5.75 Å². The highest BCUT2D eigenvalue weighted by Gasteiger charge is 2.23. The zero-order chi connectivity index (χ0) is 13.7. The van der Waals surface area contributed by atoms with Crippen LogP contribution in [0, 0.1) is 5.92 Å². The molecule has 0 radical (unpaired) electrons. The third-order valence-corrected chi connectivity index (χ3v) is 4.02. The maximum absolute atomic E-state index is 5.81. The van der Waals surface area contributed by atoms with Gasteiger partial charge < -0.3 is 10.1 Å². The molecule has 1 aromatic carbocycles. The Morgan fingerprint density at radius 1 is 1.16 bits per heavy atom. The first-order valence-corrected chi connectivity index (χ1v) is 7.64. The summed E-state index contributed by atoms with van der Waals surface area (Å²) in [6.07, 6.45) is 7.10. The molecule has 2 nitrogen and oxygen atoms in total. The van der Waals surface area contributed by atoms with Crippen molar-refractivity contribution in [1.29, 1.82) is 0 Å². The van der Waals surface area contributed by atoms with Crippen LogP contribution in [0.4, 0.5) is 0 Å². The molecule has 1 saturated carbocycles. The van der Waals surface area contributed by atoms with Crippen molar-refractivity contribution in [3.05, 3.63) is 29.8 Å². The molecule has 1 N–H and O–H groups in total. The van der Waals surface area contributed by atoms with Crippen molar-refractivity contribution in [1.82, 2.24) is 5.32 Å². The number of hydrogen-bond donors (Lipinski definition) is 1. The van der Waals surface area contributed by atoms with Crippen molar-refractivity contribution < 1.29 is 4.74 Å². The molecular weight excluding hydrogens is 234 g/mol. The van der Waals surface area contributed by atoms with E-state index >= 15 is 0 Å². The van der Waals surface area contributed by atoms with Crippen LogP contribution in [-0.4, -0.2) is 13.2 Å². The Kier molecular flexibility index (Phi) is 5.26. The van der Waals surface area contributed by atoms with E-state index in [1.807, 2.05) is 0 Å². The second-order valence-electron chi connectivity index (χ2n) is 5.90. The minimum Gasteiger partial charge on any atom is -0.491 e. The van der Waals surface area contributed by atoms with E-state index in [0.29, 0.717) is 6.04 Å². The van der Waals surface area contributed by atoms with Crippen LogP contribution in [0.1, 0.15) is 57.6 Å². The molecule has 0 aromatic heterocycles. The Morgan fingerprint density at radius 3 is 2.53 bits per heavy atom. The lowest BCUT2D eigenvalue weighted by atomic mass is 9.81. The monoisotopic (exact) mass is 261 g/mol. The standard InChI is InChI=1S/C17H27NO/c1-13(2)19-16-11-7-10-15(12-16)17(18-3)14-8-5-4-6-9-14/h7,10-14,17-18H,4-6,8-9H2,1-3H3. The average molecular weight is 261 g/mol. The lowest BCUT2D eigenvalue weighted by molar-refractivity contribution is 0.240. The molecule has 1 atom stereocenters. The predicted octanol–water partition coefficient (Wildman–Crippen LogP) is 4.31. The maximum Gasteiger partial charge on any atom is 0.120 e. The van der Waals surface area contributed by atoms with E-state index in [9.17, 15) is 0 Å². The molecule has 0 saturated heterocycles. The molecule has 1 fully saturated rings. The van der Waals surface area contributed by atoms with E-state index < -0.39 is 0 Å². The van der Waals surface area contributed by atoms with E-state index in [1.165, 1.54) is 37.7 Å². The van der Waals surface area contributed by atoms with Crippen molar-refractivity contribution in [2.45, 2.75) is 58.1 Å². The van der Waals surface area contributed by atoms with Gasteiger partial charge in [0, 0.05) is 6.04 Å². The van der Waals surface area contributed by atoms with E-state index in [1.54, 1.807) is 0 Å². The third kappa shape index (κ3) is 3.97. The Labute approximate surface area is 117 Å². The minimum atomic E-state index is 0.234. The van der Waals surface area contributed by atoms with Crippen LogP contribution in [0.5, 0.6) is 5.75 Å². The zero-order valence-electron chi connectivity index (χ0n) is 12.5. The summed E-state index contributed by atoms with van der Waals surface area (Å²) >= 11 is 0. The summed E-state index contributed by atoms with van der Waals surface area (Å²) in [4.78, 5) is 0. The number of rotatable bonds is 5. The fraction of sp³-hybridized carbons (Fsp3) is 0.647. The largest absolute Gasteiger partial charge is 0.491 e.